The van der Waals surface area contributed by atoms with Crippen LogP contribution in [-0.4, -0.2) is 57.5 Å². The fraction of sp³-hybridized carbons (Fsp3) is 0.714. The number of rotatable bonds is 5. The Hall–Kier alpha value is -0.803. The third-order valence-electron chi connectivity index (χ3n) is 6.99. The largest absolute Gasteiger partial charge is 0.408 e. The van der Waals surface area contributed by atoms with Gasteiger partial charge >= 0.3 is 0 Å². The third kappa shape index (κ3) is 2.91. The van der Waals surface area contributed by atoms with Gasteiger partial charge in [0.05, 0.1) is 13.2 Å². The van der Waals surface area contributed by atoms with Gasteiger partial charge < -0.3 is 28.1 Å². The minimum Gasteiger partial charge on any atom is -0.408 e. The quantitative estimate of drug-likeness (QED) is 0.553. The molecule has 6 nitrogen and oxygen atoms in total. The first-order valence-corrected chi connectivity index (χ1v) is 13.1. The summed E-state index contributed by atoms with van der Waals surface area (Å²) >= 11 is 0. The van der Waals surface area contributed by atoms with Crippen molar-refractivity contribution >= 4 is 8.32 Å². The average molecular weight is 407 g/mol. The van der Waals surface area contributed by atoms with Gasteiger partial charge in [-0.05, 0) is 23.7 Å². The monoisotopic (exact) mass is 406 g/mol. The zero-order chi connectivity index (χ0) is 19.7. The van der Waals surface area contributed by atoms with Crippen molar-refractivity contribution in [2.45, 2.75) is 88.1 Å². The van der Waals surface area contributed by atoms with E-state index in [1.165, 1.54) is 0 Å². The minimum absolute atomic E-state index is 0.0934. The third-order valence-corrected chi connectivity index (χ3v) is 11.5. The van der Waals surface area contributed by atoms with Gasteiger partial charge in [-0.3, -0.25) is 0 Å². The first kappa shape index (κ1) is 19.2. The topological polar surface area (TPSA) is 58.7 Å². The molecular weight excluding hydrogens is 376 g/mol. The summed E-state index contributed by atoms with van der Waals surface area (Å²) < 4.78 is 37.3. The zero-order valence-electron chi connectivity index (χ0n) is 17.2. The molecule has 4 aliphatic heterocycles. The molecule has 5 aliphatic rings. The Balaban J connectivity index is 1.41. The summed E-state index contributed by atoms with van der Waals surface area (Å²) in [5, 5.41) is 0.0934. The highest BCUT2D eigenvalue weighted by atomic mass is 28.4. The van der Waals surface area contributed by atoms with Gasteiger partial charge in [-0.1, -0.05) is 51.1 Å². The van der Waals surface area contributed by atoms with Crippen LogP contribution in [0.2, 0.25) is 18.1 Å². The van der Waals surface area contributed by atoms with E-state index in [0.717, 1.165) is 5.56 Å². The van der Waals surface area contributed by atoms with Gasteiger partial charge in [-0.25, -0.2) is 0 Å². The van der Waals surface area contributed by atoms with E-state index in [2.05, 4.69) is 46.0 Å². The average Bonchev–Trinajstić information content (AvgIpc) is 3.42. The second-order valence-electron chi connectivity index (χ2n) is 9.85. The summed E-state index contributed by atoms with van der Waals surface area (Å²) in [7, 11) is -2.03. The van der Waals surface area contributed by atoms with Gasteiger partial charge in [0.1, 0.15) is 36.1 Å². The van der Waals surface area contributed by atoms with E-state index in [0.29, 0.717) is 13.2 Å². The van der Waals surface area contributed by atoms with Crippen LogP contribution in [0.15, 0.2) is 30.3 Å². The van der Waals surface area contributed by atoms with Crippen molar-refractivity contribution in [3.8, 4) is 0 Å². The van der Waals surface area contributed by atoms with Crippen LogP contribution in [0.3, 0.4) is 0 Å². The predicted octanol–water partition coefficient (Wildman–Crippen LogP) is 3.21. The molecule has 5 fully saturated rings. The van der Waals surface area contributed by atoms with Crippen LogP contribution < -0.4 is 0 Å². The molecule has 1 saturated carbocycles. The molecule has 0 unspecified atom stereocenters. The Morgan fingerprint density at radius 2 is 1.68 bits per heavy atom. The molecule has 7 atom stereocenters. The van der Waals surface area contributed by atoms with Crippen LogP contribution in [0.5, 0.6) is 0 Å². The lowest BCUT2D eigenvalue weighted by molar-refractivity contribution is -0.479. The summed E-state index contributed by atoms with van der Waals surface area (Å²) in [4.78, 5) is 0. The molecule has 1 aliphatic carbocycles. The molecule has 4 saturated heterocycles. The SMILES string of the molecule is CC(C)(C)[Si](C)(C)O[C@@H]1[C@H]2O[C@@H]3O[C@@H]1[C@@]1(CO1)[C@@H](O3)[C@H]2OCc1ccccc1. The van der Waals surface area contributed by atoms with Crippen LogP contribution >= 0.6 is 0 Å². The molecule has 0 N–H and O–H groups in total. The fourth-order valence-corrected chi connectivity index (χ4v) is 5.55. The number of hydrogen-bond donors (Lipinski definition) is 0. The number of epoxide rings is 1. The Bertz CT molecular complexity index is 728. The van der Waals surface area contributed by atoms with Crippen molar-refractivity contribution < 1.29 is 28.1 Å². The van der Waals surface area contributed by atoms with Crippen molar-refractivity contribution in [3.63, 3.8) is 0 Å². The van der Waals surface area contributed by atoms with Crippen LogP contribution in [0.4, 0.5) is 0 Å². The number of ether oxygens (including phenoxy) is 5. The van der Waals surface area contributed by atoms with Crippen molar-refractivity contribution in [3.05, 3.63) is 35.9 Å². The molecule has 4 heterocycles. The lowest BCUT2D eigenvalue weighted by atomic mass is 9.76. The predicted molar refractivity (Wildman–Crippen MR) is 104 cm³/mol. The Morgan fingerprint density at radius 1 is 1.04 bits per heavy atom. The highest BCUT2D eigenvalue weighted by Gasteiger charge is 2.76. The fourth-order valence-electron chi connectivity index (χ4n) is 4.26. The standard InChI is InChI=1S/C21H30O6Si/c1-20(2,3)28(4,5)27-16-14-15(22-11-13-9-7-6-8-10-13)17-21(12-23-21)18(16)26-19(24-14)25-17/h6-10,14-19H,11-12H2,1-5H3/t14-,15-,16+,17-,18-,19-,21+/m0/s1. The van der Waals surface area contributed by atoms with E-state index in [4.69, 9.17) is 28.1 Å². The van der Waals surface area contributed by atoms with Gasteiger partial charge in [0, 0.05) is 0 Å². The van der Waals surface area contributed by atoms with E-state index in [1.54, 1.807) is 0 Å². The van der Waals surface area contributed by atoms with E-state index in [1.807, 2.05) is 18.2 Å². The van der Waals surface area contributed by atoms with Crippen molar-refractivity contribution in [1.29, 1.82) is 0 Å². The summed E-state index contributed by atoms with van der Waals surface area (Å²) in [6.45, 7) is 11.7. The van der Waals surface area contributed by atoms with Crippen LogP contribution in [-0.2, 0) is 34.7 Å². The van der Waals surface area contributed by atoms with Crippen LogP contribution in [0, 0.1) is 0 Å². The summed E-state index contributed by atoms with van der Waals surface area (Å²) in [6.07, 6.45) is -1.01. The molecule has 28 heavy (non-hydrogen) atoms. The molecule has 6 rings (SSSR count). The first-order valence-electron chi connectivity index (χ1n) is 10.1. The molecule has 1 aromatic rings. The second-order valence-corrected chi connectivity index (χ2v) is 14.6. The van der Waals surface area contributed by atoms with Crippen LogP contribution in [0.1, 0.15) is 26.3 Å². The summed E-state index contributed by atoms with van der Waals surface area (Å²) in [6, 6.07) is 10.2. The first-order chi connectivity index (χ1) is 13.2. The van der Waals surface area contributed by atoms with E-state index >= 15 is 0 Å². The summed E-state index contributed by atoms with van der Waals surface area (Å²) in [5.41, 5.74) is 0.658. The van der Waals surface area contributed by atoms with Gasteiger partial charge in [0.15, 0.2) is 8.32 Å². The second kappa shape index (κ2) is 6.35. The van der Waals surface area contributed by atoms with Gasteiger partial charge in [0.25, 0.3) is 6.48 Å². The Morgan fingerprint density at radius 3 is 2.29 bits per heavy atom. The summed E-state index contributed by atoms with van der Waals surface area (Å²) in [5.74, 6) is 0. The molecule has 4 bridgehead atoms. The normalized spacial score (nSPS) is 41.6. The maximum atomic E-state index is 6.81. The van der Waals surface area contributed by atoms with Gasteiger partial charge in [0.2, 0.25) is 0 Å². The number of hydrogen-bond acceptors (Lipinski definition) is 6. The van der Waals surface area contributed by atoms with E-state index in [-0.39, 0.29) is 35.6 Å². The molecule has 0 radical (unpaired) electrons. The van der Waals surface area contributed by atoms with Crippen molar-refractivity contribution in [2.75, 3.05) is 6.61 Å². The van der Waals surface area contributed by atoms with Gasteiger partial charge in [-0.15, -0.1) is 0 Å². The lowest BCUT2D eigenvalue weighted by Crippen LogP contribution is -2.78. The zero-order valence-corrected chi connectivity index (χ0v) is 18.2. The van der Waals surface area contributed by atoms with Crippen LogP contribution in [0.25, 0.3) is 0 Å². The highest BCUT2D eigenvalue weighted by molar-refractivity contribution is 6.74. The lowest BCUT2D eigenvalue weighted by Gasteiger charge is -2.60. The Kier molecular flexibility index (Phi) is 4.35. The maximum absolute atomic E-state index is 6.81. The van der Waals surface area contributed by atoms with Crippen molar-refractivity contribution in [2.24, 2.45) is 0 Å². The minimum atomic E-state index is -2.03. The van der Waals surface area contributed by atoms with E-state index in [9.17, 15) is 0 Å². The number of benzene rings is 1. The van der Waals surface area contributed by atoms with E-state index < -0.39 is 20.4 Å². The molecule has 154 valence electrons. The smallest absolute Gasteiger partial charge is 0.273 e. The molecule has 1 aromatic carbocycles. The maximum Gasteiger partial charge on any atom is 0.273 e. The highest BCUT2D eigenvalue weighted by Crippen LogP contribution is 2.55. The molecular formula is C21H30O6Si. The van der Waals surface area contributed by atoms with Gasteiger partial charge in [-0.2, -0.15) is 0 Å². The molecule has 7 heteroatoms. The molecule has 0 aromatic heterocycles. The van der Waals surface area contributed by atoms with Crippen molar-refractivity contribution in [1.82, 2.24) is 0 Å². The molecule has 1 spiro atoms. The molecule has 0 amide bonds. The Labute approximate surface area is 167 Å².